The molecule has 1 aromatic heterocycles. The summed E-state index contributed by atoms with van der Waals surface area (Å²) in [6.07, 6.45) is 5.17. The van der Waals surface area contributed by atoms with Gasteiger partial charge in [-0.1, -0.05) is 42.5 Å². The minimum absolute atomic E-state index is 0.0701. The SMILES string of the molecule is O=C(Cc1cccc2ccccc12)N(Cc1ccncc1)C1C=CS(=O)(=O)C1. The molecule has 4 rings (SSSR count). The normalized spacial score (nSPS) is 17.6. The first-order chi connectivity index (χ1) is 13.5. The highest BCUT2D eigenvalue weighted by Gasteiger charge is 2.30. The lowest BCUT2D eigenvalue weighted by atomic mass is 10.0. The van der Waals surface area contributed by atoms with Gasteiger partial charge in [-0.2, -0.15) is 0 Å². The summed E-state index contributed by atoms with van der Waals surface area (Å²) in [6.45, 7) is 0.344. The molecule has 5 nitrogen and oxygen atoms in total. The second-order valence-electron chi connectivity index (χ2n) is 6.92. The number of aromatic nitrogens is 1. The zero-order valence-corrected chi connectivity index (χ0v) is 16.0. The van der Waals surface area contributed by atoms with Crippen molar-refractivity contribution in [2.75, 3.05) is 5.75 Å². The molecule has 3 aromatic rings. The van der Waals surface area contributed by atoms with Crippen molar-refractivity contribution in [3.8, 4) is 0 Å². The molecular weight excluding hydrogens is 372 g/mol. The Morgan fingerprint density at radius 1 is 1.04 bits per heavy atom. The summed E-state index contributed by atoms with van der Waals surface area (Å²) in [5.41, 5.74) is 1.85. The van der Waals surface area contributed by atoms with E-state index in [0.717, 1.165) is 21.9 Å². The van der Waals surface area contributed by atoms with E-state index in [0.29, 0.717) is 6.54 Å². The van der Waals surface area contributed by atoms with Gasteiger partial charge in [0.1, 0.15) is 0 Å². The second kappa shape index (κ2) is 7.56. The van der Waals surface area contributed by atoms with Gasteiger partial charge in [0, 0.05) is 24.3 Å². The van der Waals surface area contributed by atoms with Crippen LogP contribution in [0.3, 0.4) is 0 Å². The Balaban J connectivity index is 1.63. The summed E-state index contributed by atoms with van der Waals surface area (Å²) >= 11 is 0. The maximum absolute atomic E-state index is 13.2. The van der Waals surface area contributed by atoms with Crippen LogP contribution in [-0.4, -0.2) is 36.0 Å². The number of sulfone groups is 1. The van der Waals surface area contributed by atoms with E-state index in [1.165, 1.54) is 5.41 Å². The molecule has 142 valence electrons. The van der Waals surface area contributed by atoms with Gasteiger partial charge in [-0.3, -0.25) is 9.78 Å². The quantitative estimate of drug-likeness (QED) is 0.669. The molecule has 0 spiro atoms. The lowest BCUT2D eigenvalue weighted by Crippen LogP contribution is -2.41. The number of amides is 1. The molecule has 6 heteroatoms. The first-order valence-corrected chi connectivity index (χ1v) is 10.8. The van der Waals surface area contributed by atoms with Crippen LogP contribution in [-0.2, 0) is 27.6 Å². The average Bonchev–Trinajstić information content (AvgIpc) is 3.06. The van der Waals surface area contributed by atoms with Gasteiger partial charge in [0.25, 0.3) is 0 Å². The van der Waals surface area contributed by atoms with E-state index < -0.39 is 15.9 Å². The maximum atomic E-state index is 13.2. The molecule has 0 fully saturated rings. The Morgan fingerprint density at radius 2 is 1.79 bits per heavy atom. The number of pyridine rings is 1. The fourth-order valence-electron chi connectivity index (χ4n) is 3.54. The fourth-order valence-corrected chi connectivity index (χ4v) is 4.84. The van der Waals surface area contributed by atoms with Crippen LogP contribution in [0.15, 0.2) is 78.5 Å². The predicted octanol–water partition coefficient (Wildman–Crippen LogP) is 3.12. The van der Waals surface area contributed by atoms with Crippen LogP contribution < -0.4 is 0 Å². The van der Waals surface area contributed by atoms with Crippen LogP contribution in [0.4, 0.5) is 0 Å². The van der Waals surface area contributed by atoms with Crippen molar-refractivity contribution in [1.29, 1.82) is 0 Å². The highest BCUT2D eigenvalue weighted by atomic mass is 32.2. The summed E-state index contributed by atoms with van der Waals surface area (Å²) in [4.78, 5) is 18.9. The molecule has 1 atom stereocenters. The molecule has 28 heavy (non-hydrogen) atoms. The van der Waals surface area contributed by atoms with Crippen molar-refractivity contribution in [2.45, 2.75) is 19.0 Å². The number of hydrogen-bond donors (Lipinski definition) is 0. The smallest absolute Gasteiger partial charge is 0.227 e. The van der Waals surface area contributed by atoms with Crippen LogP contribution >= 0.6 is 0 Å². The van der Waals surface area contributed by atoms with Crippen LogP contribution in [0.2, 0.25) is 0 Å². The van der Waals surface area contributed by atoms with Gasteiger partial charge in [-0.25, -0.2) is 8.42 Å². The molecule has 0 aliphatic carbocycles. The maximum Gasteiger partial charge on any atom is 0.227 e. The third-order valence-electron chi connectivity index (χ3n) is 4.96. The van der Waals surface area contributed by atoms with Crippen molar-refractivity contribution in [3.05, 3.63) is 89.6 Å². The molecule has 0 saturated heterocycles. The van der Waals surface area contributed by atoms with Crippen molar-refractivity contribution in [3.63, 3.8) is 0 Å². The number of benzene rings is 2. The van der Waals surface area contributed by atoms with E-state index >= 15 is 0 Å². The van der Waals surface area contributed by atoms with Gasteiger partial charge < -0.3 is 4.90 Å². The second-order valence-corrected chi connectivity index (χ2v) is 8.85. The molecule has 0 saturated carbocycles. The molecule has 1 aliphatic rings. The number of carbonyl (C=O) groups is 1. The van der Waals surface area contributed by atoms with Crippen LogP contribution in [0.25, 0.3) is 10.8 Å². The highest BCUT2D eigenvalue weighted by molar-refractivity contribution is 7.94. The topological polar surface area (TPSA) is 67.3 Å². The Morgan fingerprint density at radius 3 is 2.54 bits per heavy atom. The van der Waals surface area contributed by atoms with E-state index in [2.05, 4.69) is 4.98 Å². The first kappa shape index (κ1) is 18.4. The summed E-state index contributed by atoms with van der Waals surface area (Å²) in [5.74, 6) is -0.167. The standard InChI is InChI=1S/C22H20N2O3S/c25-22(14-19-6-3-5-18-4-1-2-7-21(18)19)24(15-17-8-11-23-12-9-17)20-10-13-28(26,27)16-20/h1-13,20H,14-16H2. The average molecular weight is 392 g/mol. The minimum atomic E-state index is -3.26. The van der Waals surface area contributed by atoms with Gasteiger partial charge in [0.05, 0.1) is 18.2 Å². The molecular formula is C22H20N2O3S. The van der Waals surface area contributed by atoms with Crippen LogP contribution in [0.5, 0.6) is 0 Å². The summed E-state index contributed by atoms with van der Waals surface area (Å²) in [5, 5.41) is 3.33. The molecule has 1 unspecified atom stereocenters. The van der Waals surface area contributed by atoms with Crippen molar-refractivity contribution < 1.29 is 13.2 Å². The van der Waals surface area contributed by atoms with E-state index in [4.69, 9.17) is 0 Å². The van der Waals surface area contributed by atoms with Crippen molar-refractivity contribution >= 4 is 26.5 Å². The van der Waals surface area contributed by atoms with E-state index in [-0.39, 0.29) is 18.1 Å². The van der Waals surface area contributed by atoms with Gasteiger partial charge in [0.2, 0.25) is 5.91 Å². The van der Waals surface area contributed by atoms with E-state index in [9.17, 15) is 13.2 Å². The Hall–Kier alpha value is -2.99. The lowest BCUT2D eigenvalue weighted by Gasteiger charge is -2.28. The number of nitrogens with zero attached hydrogens (tertiary/aromatic N) is 2. The zero-order valence-electron chi connectivity index (χ0n) is 15.2. The molecule has 0 radical (unpaired) electrons. The van der Waals surface area contributed by atoms with E-state index in [1.54, 1.807) is 23.4 Å². The Bertz CT molecular complexity index is 1140. The molecule has 1 aliphatic heterocycles. The Labute approximate surface area is 164 Å². The molecule has 0 bridgehead atoms. The lowest BCUT2D eigenvalue weighted by molar-refractivity contribution is -0.132. The van der Waals surface area contributed by atoms with Crippen molar-refractivity contribution in [2.24, 2.45) is 0 Å². The van der Waals surface area contributed by atoms with Gasteiger partial charge in [0.15, 0.2) is 9.84 Å². The molecule has 2 aromatic carbocycles. The zero-order chi connectivity index (χ0) is 19.6. The highest BCUT2D eigenvalue weighted by Crippen LogP contribution is 2.22. The van der Waals surface area contributed by atoms with Crippen molar-refractivity contribution in [1.82, 2.24) is 9.88 Å². The largest absolute Gasteiger partial charge is 0.331 e. The number of hydrogen-bond acceptors (Lipinski definition) is 4. The van der Waals surface area contributed by atoms with Gasteiger partial charge in [-0.05, 0) is 40.1 Å². The fraction of sp³-hybridized carbons (Fsp3) is 0.182. The minimum Gasteiger partial charge on any atom is -0.331 e. The Kier molecular flexibility index (Phi) is 4.96. The number of carbonyl (C=O) groups excluding carboxylic acids is 1. The van der Waals surface area contributed by atoms with E-state index in [1.807, 2.05) is 54.6 Å². The molecule has 1 amide bonds. The molecule has 2 heterocycles. The molecule has 0 N–H and O–H groups in total. The monoisotopic (exact) mass is 392 g/mol. The van der Waals surface area contributed by atoms with Gasteiger partial charge >= 0.3 is 0 Å². The number of fused-ring (bicyclic) bond motifs is 1. The van der Waals surface area contributed by atoms with Crippen LogP contribution in [0, 0.1) is 0 Å². The first-order valence-electron chi connectivity index (χ1n) is 9.08. The summed E-state index contributed by atoms with van der Waals surface area (Å²) < 4.78 is 23.8. The number of rotatable bonds is 5. The van der Waals surface area contributed by atoms with Crippen LogP contribution in [0.1, 0.15) is 11.1 Å². The summed E-state index contributed by atoms with van der Waals surface area (Å²) in [6, 6.07) is 17.1. The van der Waals surface area contributed by atoms with Gasteiger partial charge in [-0.15, -0.1) is 0 Å². The summed E-state index contributed by atoms with van der Waals surface area (Å²) in [7, 11) is -3.26. The predicted molar refractivity (Wildman–Crippen MR) is 109 cm³/mol. The third kappa shape index (κ3) is 3.97. The third-order valence-corrected chi connectivity index (χ3v) is 6.33.